The number of hydrogen-bond donors (Lipinski definition) is 0. The van der Waals surface area contributed by atoms with E-state index >= 15 is 0 Å². The van der Waals surface area contributed by atoms with Gasteiger partial charge in [0.1, 0.15) is 5.78 Å². The minimum atomic E-state index is 0.0525. The Morgan fingerprint density at radius 1 is 1.20 bits per heavy atom. The van der Waals surface area contributed by atoms with Crippen molar-refractivity contribution < 1.29 is 9.59 Å². The topological polar surface area (TPSA) is 34.1 Å². The van der Waals surface area contributed by atoms with E-state index in [1.807, 2.05) is 13.8 Å². The summed E-state index contributed by atoms with van der Waals surface area (Å²) in [5.41, 5.74) is 0. The molecule has 1 fully saturated rings. The Morgan fingerprint density at radius 3 is 2.33 bits per heavy atom. The van der Waals surface area contributed by atoms with Crippen LogP contribution < -0.4 is 0 Å². The summed E-state index contributed by atoms with van der Waals surface area (Å²) in [5, 5.41) is 0.240. The van der Waals surface area contributed by atoms with Crippen LogP contribution in [0, 0.1) is 11.8 Å². The quantitative estimate of drug-likeness (QED) is 0.741. The van der Waals surface area contributed by atoms with Crippen LogP contribution in [0.25, 0.3) is 0 Å². The van der Waals surface area contributed by atoms with E-state index in [9.17, 15) is 9.59 Å². The second-order valence-corrected chi connectivity index (χ2v) is 5.54. The lowest BCUT2D eigenvalue weighted by molar-refractivity contribution is -0.120. The summed E-state index contributed by atoms with van der Waals surface area (Å²) in [5.74, 6) is 0.831. The molecule has 86 valence electrons. The first-order valence-corrected chi connectivity index (χ1v) is 6.79. The predicted octanol–water partition coefficient (Wildman–Crippen LogP) is 3.05. The summed E-state index contributed by atoms with van der Waals surface area (Å²) in [6, 6.07) is 0. The van der Waals surface area contributed by atoms with E-state index < -0.39 is 0 Å². The third-order valence-corrected chi connectivity index (χ3v) is 3.99. The Bertz CT molecular complexity index is 230. The summed E-state index contributed by atoms with van der Waals surface area (Å²) in [7, 11) is 0. The molecule has 0 saturated heterocycles. The molecule has 0 bridgehead atoms. The van der Waals surface area contributed by atoms with Crippen LogP contribution in [0.3, 0.4) is 0 Å². The van der Waals surface area contributed by atoms with Gasteiger partial charge in [0.15, 0.2) is 5.12 Å². The first-order valence-electron chi connectivity index (χ1n) is 5.80. The number of carbonyl (C=O) groups is 2. The number of hydrogen-bond acceptors (Lipinski definition) is 3. The largest absolute Gasteiger partial charge is 0.298 e. The van der Waals surface area contributed by atoms with E-state index in [0.29, 0.717) is 5.75 Å². The molecule has 0 spiro atoms. The Balaban J connectivity index is 2.26. The van der Waals surface area contributed by atoms with Crippen LogP contribution in [0.5, 0.6) is 0 Å². The SMILES string of the molecule is CC(C)C(=O)CSC(=O)C1CCCCC1. The Labute approximate surface area is 96.2 Å². The van der Waals surface area contributed by atoms with Crippen LogP contribution in [-0.2, 0) is 9.59 Å². The molecule has 0 N–H and O–H groups in total. The third kappa shape index (κ3) is 4.37. The van der Waals surface area contributed by atoms with Crippen molar-refractivity contribution in [3.05, 3.63) is 0 Å². The van der Waals surface area contributed by atoms with Crippen molar-refractivity contribution in [2.75, 3.05) is 5.75 Å². The first-order chi connectivity index (χ1) is 7.11. The summed E-state index contributed by atoms with van der Waals surface area (Å²) in [6.45, 7) is 3.77. The van der Waals surface area contributed by atoms with Crippen LogP contribution in [0.15, 0.2) is 0 Å². The van der Waals surface area contributed by atoms with Crippen LogP contribution in [-0.4, -0.2) is 16.7 Å². The maximum atomic E-state index is 11.7. The van der Waals surface area contributed by atoms with Gasteiger partial charge in [0.05, 0.1) is 5.75 Å². The van der Waals surface area contributed by atoms with E-state index in [4.69, 9.17) is 0 Å². The van der Waals surface area contributed by atoms with Gasteiger partial charge in [-0.05, 0) is 12.8 Å². The minimum Gasteiger partial charge on any atom is -0.298 e. The number of carbonyl (C=O) groups excluding carboxylic acids is 2. The molecular formula is C12H20O2S. The molecule has 2 nitrogen and oxygen atoms in total. The molecule has 0 unspecified atom stereocenters. The van der Waals surface area contributed by atoms with Gasteiger partial charge in [0, 0.05) is 11.8 Å². The van der Waals surface area contributed by atoms with Crippen LogP contribution in [0.1, 0.15) is 46.0 Å². The van der Waals surface area contributed by atoms with Crippen molar-refractivity contribution >= 4 is 22.7 Å². The second-order valence-electron chi connectivity index (χ2n) is 4.56. The summed E-state index contributed by atoms with van der Waals surface area (Å²) < 4.78 is 0. The van der Waals surface area contributed by atoms with Gasteiger partial charge in [0.2, 0.25) is 0 Å². The highest BCUT2D eigenvalue weighted by Crippen LogP contribution is 2.28. The molecule has 0 amide bonds. The minimum absolute atomic E-state index is 0.0525. The number of rotatable bonds is 4. The second kappa shape index (κ2) is 6.31. The van der Waals surface area contributed by atoms with Crippen LogP contribution >= 0.6 is 11.8 Å². The molecule has 0 atom stereocenters. The Hall–Kier alpha value is -0.310. The summed E-state index contributed by atoms with van der Waals surface area (Å²) >= 11 is 1.23. The lowest BCUT2D eigenvalue weighted by atomic mass is 9.90. The van der Waals surface area contributed by atoms with Crippen molar-refractivity contribution in [1.82, 2.24) is 0 Å². The van der Waals surface area contributed by atoms with Gasteiger partial charge < -0.3 is 0 Å². The molecule has 0 aromatic heterocycles. The summed E-state index contributed by atoms with van der Waals surface area (Å²) in [6.07, 6.45) is 5.67. The highest BCUT2D eigenvalue weighted by molar-refractivity contribution is 8.14. The van der Waals surface area contributed by atoms with E-state index in [1.54, 1.807) is 0 Å². The number of Topliss-reactive ketones (excluding diaryl/α,β-unsaturated/α-hetero) is 1. The zero-order valence-electron chi connectivity index (χ0n) is 9.62. The van der Waals surface area contributed by atoms with Gasteiger partial charge in [-0.2, -0.15) is 0 Å². The summed E-state index contributed by atoms with van der Waals surface area (Å²) in [4.78, 5) is 23.1. The monoisotopic (exact) mass is 228 g/mol. The molecule has 1 aliphatic carbocycles. The van der Waals surface area contributed by atoms with Crippen molar-refractivity contribution in [2.45, 2.75) is 46.0 Å². The molecule has 0 heterocycles. The van der Waals surface area contributed by atoms with E-state index in [1.165, 1.54) is 31.0 Å². The number of thioether (sulfide) groups is 1. The zero-order valence-corrected chi connectivity index (χ0v) is 10.4. The molecular weight excluding hydrogens is 208 g/mol. The van der Waals surface area contributed by atoms with Gasteiger partial charge >= 0.3 is 0 Å². The van der Waals surface area contributed by atoms with Gasteiger partial charge in [0.25, 0.3) is 0 Å². The highest BCUT2D eigenvalue weighted by Gasteiger charge is 2.22. The third-order valence-electron chi connectivity index (χ3n) is 2.94. The fraction of sp³-hybridized carbons (Fsp3) is 0.833. The van der Waals surface area contributed by atoms with Crippen LogP contribution in [0.2, 0.25) is 0 Å². The maximum absolute atomic E-state index is 11.7. The molecule has 1 saturated carbocycles. The highest BCUT2D eigenvalue weighted by atomic mass is 32.2. The molecule has 0 aromatic carbocycles. The van der Waals surface area contributed by atoms with Gasteiger partial charge in [-0.15, -0.1) is 0 Å². The number of ketones is 1. The van der Waals surface area contributed by atoms with Crippen molar-refractivity contribution in [3.8, 4) is 0 Å². The van der Waals surface area contributed by atoms with Gasteiger partial charge in [-0.1, -0.05) is 44.9 Å². The van der Waals surface area contributed by atoms with E-state index in [0.717, 1.165) is 12.8 Å². The van der Waals surface area contributed by atoms with Gasteiger partial charge in [-0.25, -0.2) is 0 Å². The average Bonchev–Trinajstić information content (AvgIpc) is 2.26. The lowest BCUT2D eigenvalue weighted by Crippen LogP contribution is -2.18. The van der Waals surface area contributed by atoms with Crippen molar-refractivity contribution in [2.24, 2.45) is 11.8 Å². The molecule has 0 aliphatic heterocycles. The average molecular weight is 228 g/mol. The zero-order chi connectivity index (χ0) is 11.3. The lowest BCUT2D eigenvalue weighted by Gasteiger charge is -2.19. The molecule has 3 heteroatoms. The fourth-order valence-corrected chi connectivity index (χ4v) is 2.85. The molecule has 1 aliphatic rings. The Morgan fingerprint density at radius 2 is 1.80 bits per heavy atom. The fourth-order valence-electron chi connectivity index (χ4n) is 1.77. The van der Waals surface area contributed by atoms with Crippen LogP contribution in [0.4, 0.5) is 0 Å². The molecule has 0 radical (unpaired) electrons. The standard InChI is InChI=1S/C12H20O2S/c1-9(2)11(13)8-15-12(14)10-6-4-3-5-7-10/h9-10H,3-8H2,1-2H3. The molecule has 15 heavy (non-hydrogen) atoms. The first kappa shape index (κ1) is 12.8. The van der Waals surface area contributed by atoms with Crippen molar-refractivity contribution in [3.63, 3.8) is 0 Å². The van der Waals surface area contributed by atoms with Crippen molar-refractivity contribution in [1.29, 1.82) is 0 Å². The van der Waals surface area contributed by atoms with E-state index in [2.05, 4.69) is 0 Å². The Kier molecular flexibility index (Phi) is 5.37. The maximum Gasteiger partial charge on any atom is 0.192 e. The molecule has 1 rings (SSSR count). The van der Waals surface area contributed by atoms with E-state index in [-0.39, 0.29) is 22.7 Å². The predicted molar refractivity (Wildman–Crippen MR) is 63.9 cm³/mol. The van der Waals surface area contributed by atoms with Gasteiger partial charge in [-0.3, -0.25) is 9.59 Å². The molecule has 0 aromatic rings. The smallest absolute Gasteiger partial charge is 0.192 e. The normalized spacial score (nSPS) is 18.1.